The Bertz CT molecular complexity index is 1010. The van der Waals surface area contributed by atoms with Gasteiger partial charge in [-0.1, -0.05) is 12.1 Å². The fraction of sp³-hybridized carbons (Fsp3) is 0.348. The molecule has 30 heavy (non-hydrogen) atoms. The lowest BCUT2D eigenvalue weighted by molar-refractivity contribution is -0.137. The molecule has 4 rings (SSSR count). The van der Waals surface area contributed by atoms with Crippen molar-refractivity contribution in [2.75, 3.05) is 20.8 Å². The summed E-state index contributed by atoms with van der Waals surface area (Å²) in [6, 6.07) is 9.39. The lowest BCUT2D eigenvalue weighted by Gasteiger charge is -2.38. The summed E-state index contributed by atoms with van der Waals surface area (Å²) in [5.41, 5.74) is 2.76. The van der Waals surface area contributed by atoms with Crippen LogP contribution in [0.25, 0.3) is 0 Å². The van der Waals surface area contributed by atoms with E-state index in [-0.39, 0.29) is 11.9 Å². The van der Waals surface area contributed by atoms with Crippen molar-refractivity contribution in [1.82, 2.24) is 9.80 Å². The summed E-state index contributed by atoms with van der Waals surface area (Å²) >= 11 is 0. The second-order valence-corrected chi connectivity index (χ2v) is 7.57. The van der Waals surface area contributed by atoms with Gasteiger partial charge in [0.05, 0.1) is 31.4 Å². The average molecular weight is 408 g/mol. The Morgan fingerprint density at radius 1 is 1.03 bits per heavy atom. The molecular weight excluding hydrogens is 384 g/mol. The van der Waals surface area contributed by atoms with Crippen LogP contribution >= 0.6 is 0 Å². The third-order valence-corrected chi connectivity index (χ3v) is 6.04. The second-order valence-electron chi connectivity index (χ2n) is 7.57. The lowest BCUT2D eigenvalue weighted by Crippen LogP contribution is -2.51. The van der Waals surface area contributed by atoms with Crippen LogP contribution < -0.4 is 9.47 Å². The predicted molar refractivity (Wildman–Crippen MR) is 110 cm³/mol. The number of fused-ring (bicyclic) bond motifs is 2. The van der Waals surface area contributed by atoms with Crippen molar-refractivity contribution < 1.29 is 23.9 Å². The number of benzene rings is 2. The van der Waals surface area contributed by atoms with Crippen LogP contribution in [0.1, 0.15) is 51.7 Å². The molecule has 0 radical (unpaired) electrons. The highest BCUT2D eigenvalue weighted by molar-refractivity contribution is 6.22. The van der Waals surface area contributed by atoms with Gasteiger partial charge in [0.2, 0.25) is 5.91 Å². The van der Waals surface area contributed by atoms with Crippen molar-refractivity contribution in [3.05, 3.63) is 58.7 Å². The standard InChI is InChI=1S/C23H24N2O5/c1-13-18-12-20(30-4)19(29-3)11-15(18)9-10-24(13)21(26)14(2)25-22(27)16-7-5-6-8-17(16)23(25)28/h5-8,11-14H,9-10H2,1-4H3. The lowest BCUT2D eigenvalue weighted by atomic mass is 9.92. The molecule has 0 fully saturated rings. The van der Waals surface area contributed by atoms with E-state index in [1.165, 1.54) is 0 Å². The molecule has 2 aromatic rings. The number of imide groups is 1. The zero-order chi connectivity index (χ0) is 21.6. The van der Waals surface area contributed by atoms with Crippen LogP contribution in [-0.4, -0.2) is 54.3 Å². The van der Waals surface area contributed by atoms with Crippen LogP contribution in [0.2, 0.25) is 0 Å². The summed E-state index contributed by atoms with van der Waals surface area (Å²) in [5, 5.41) is 0. The topological polar surface area (TPSA) is 76.2 Å². The number of carbonyl (C=O) groups excluding carboxylic acids is 3. The Kier molecular flexibility index (Phi) is 4.97. The molecule has 0 aromatic heterocycles. The largest absolute Gasteiger partial charge is 0.493 e. The molecule has 2 atom stereocenters. The molecule has 0 spiro atoms. The number of hydrogen-bond acceptors (Lipinski definition) is 5. The molecule has 2 aliphatic rings. The quantitative estimate of drug-likeness (QED) is 0.727. The van der Waals surface area contributed by atoms with Crippen LogP contribution in [0.3, 0.4) is 0 Å². The molecule has 7 nitrogen and oxygen atoms in total. The maximum atomic E-state index is 13.3. The molecule has 0 N–H and O–H groups in total. The normalized spacial score (nSPS) is 18.7. The molecule has 156 valence electrons. The van der Waals surface area contributed by atoms with Crippen molar-refractivity contribution in [1.29, 1.82) is 0 Å². The van der Waals surface area contributed by atoms with Gasteiger partial charge in [0.15, 0.2) is 11.5 Å². The van der Waals surface area contributed by atoms with E-state index in [0.29, 0.717) is 35.6 Å². The third kappa shape index (κ3) is 2.93. The Balaban J connectivity index is 1.61. The molecule has 2 aliphatic heterocycles. The van der Waals surface area contributed by atoms with Crippen LogP contribution in [0.4, 0.5) is 0 Å². The van der Waals surface area contributed by atoms with Crippen molar-refractivity contribution in [2.45, 2.75) is 32.4 Å². The molecule has 0 saturated heterocycles. The maximum Gasteiger partial charge on any atom is 0.262 e. The highest BCUT2D eigenvalue weighted by Gasteiger charge is 2.43. The minimum atomic E-state index is -0.887. The van der Waals surface area contributed by atoms with Crippen LogP contribution in [-0.2, 0) is 11.2 Å². The van der Waals surface area contributed by atoms with E-state index in [0.717, 1.165) is 16.0 Å². The third-order valence-electron chi connectivity index (χ3n) is 6.04. The van der Waals surface area contributed by atoms with Crippen molar-refractivity contribution in [2.24, 2.45) is 0 Å². The molecule has 2 aromatic carbocycles. The molecule has 2 heterocycles. The summed E-state index contributed by atoms with van der Waals surface area (Å²) < 4.78 is 10.8. The maximum absolute atomic E-state index is 13.3. The van der Waals surface area contributed by atoms with Gasteiger partial charge < -0.3 is 14.4 Å². The zero-order valence-electron chi connectivity index (χ0n) is 17.5. The van der Waals surface area contributed by atoms with Crippen molar-refractivity contribution >= 4 is 17.7 Å². The van der Waals surface area contributed by atoms with E-state index in [2.05, 4.69) is 0 Å². The van der Waals surface area contributed by atoms with E-state index >= 15 is 0 Å². The van der Waals surface area contributed by atoms with Gasteiger partial charge >= 0.3 is 0 Å². The Hall–Kier alpha value is -3.35. The molecular formula is C23H24N2O5. The van der Waals surface area contributed by atoms with Gasteiger partial charge in [0.25, 0.3) is 11.8 Å². The van der Waals surface area contributed by atoms with E-state index in [1.807, 2.05) is 19.1 Å². The first kappa shape index (κ1) is 19.9. The smallest absolute Gasteiger partial charge is 0.262 e. The SMILES string of the molecule is COc1cc2c(cc1OC)C(C)N(C(=O)C(C)N1C(=O)c3ccccc3C1=O)CC2. The van der Waals surface area contributed by atoms with Gasteiger partial charge in [-0.15, -0.1) is 0 Å². The number of methoxy groups -OCH3 is 2. The number of ether oxygens (including phenoxy) is 2. The Morgan fingerprint density at radius 3 is 2.17 bits per heavy atom. The fourth-order valence-corrected chi connectivity index (χ4v) is 4.36. The molecule has 0 saturated carbocycles. The minimum Gasteiger partial charge on any atom is -0.493 e. The first-order chi connectivity index (χ1) is 14.4. The number of amides is 3. The molecule has 3 amide bonds. The van der Waals surface area contributed by atoms with E-state index < -0.39 is 17.9 Å². The van der Waals surface area contributed by atoms with Crippen LogP contribution in [0, 0.1) is 0 Å². The molecule has 7 heteroatoms. The van der Waals surface area contributed by atoms with Crippen LogP contribution in [0.15, 0.2) is 36.4 Å². The van der Waals surface area contributed by atoms with E-state index in [1.54, 1.807) is 50.3 Å². The van der Waals surface area contributed by atoms with Gasteiger partial charge in [0.1, 0.15) is 6.04 Å². The molecule has 0 aliphatic carbocycles. The highest BCUT2D eigenvalue weighted by Crippen LogP contribution is 2.38. The first-order valence-corrected chi connectivity index (χ1v) is 9.91. The molecule has 2 unspecified atom stereocenters. The fourth-order valence-electron chi connectivity index (χ4n) is 4.36. The number of hydrogen-bond donors (Lipinski definition) is 0. The monoisotopic (exact) mass is 408 g/mol. The van der Waals surface area contributed by atoms with Gasteiger partial charge in [-0.2, -0.15) is 0 Å². The van der Waals surface area contributed by atoms with Gasteiger partial charge in [-0.25, -0.2) is 0 Å². The Labute approximate surface area is 175 Å². The highest BCUT2D eigenvalue weighted by atomic mass is 16.5. The Morgan fingerprint density at radius 2 is 1.60 bits per heavy atom. The summed E-state index contributed by atoms with van der Waals surface area (Å²) in [4.78, 5) is 41.7. The number of rotatable bonds is 4. The summed E-state index contributed by atoms with van der Waals surface area (Å²) in [5.74, 6) is 0.159. The number of nitrogens with zero attached hydrogens (tertiary/aromatic N) is 2. The first-order valence-electron chi connectivity index (χ1n) is 9.91. The van der Waals surface area contributed by atoms with Crippen molar-refractivity contribution in [3.63, 3.8) is 0 Å². The summed E-state index contributed by atoms with van der Waals surface area (Å²) in [6.45, 7) is 4.05. The van der Waals surface area contributed by atoms with Crippen LogP contribution in [0.5, 0.6) is 11.5 Å². The van der Waals surface area contributed by atoms with Gasteiger partial charge in [0, 0.05) is 6.54 Å². The zero-order valence-corrected chi connectivity index (χ0v) is 17.5. The number of carbonyl (C=O) groups is 3. The van der Waals surface area contributed by atoms with E-state index in [9.17, 15) is 14.4 Å². The van der Waals surface area contributed by atoms with Gasteiger partial charge in [-0.3, -0.25) is 19.3 Å². The minimum absolute atomic E-state index is 0.223. The average Bonchev–Trinajstić information content (AvgIpc) is 3.02. The van der Waals surface area contributed by atoms with Crippen molar-refractivity contribution in [3.8, 4) is 11.5 Å². The van der Waals surface area contributed by atoms with E-state index in [4.69, 9.17) is 9.47 Å². The summed E-state index contributed by atoms with van der Waals surface area (Å²) in [6.07, 6.45) is 0.653. The summed E-state index contributed by atoms with van der Waals surface area (Å²) in [7, 11) is 3.17. The molecule has 0 bridgehead atoms. The predicted octanol–water partition coefficient (Wildman–Crippen LogP) is 2.83. The van der Waals surface area contributed by atoms with Gasteiger partial charge in [-0.05, 0) is 55.7 Å². The second kappa shape index (κ2) is 7.48.